The molecule has 0 heterocycles. The molecule has 0 saturated heterocycles. The molecule has 5 heteroatoms. The van der Waals surface area contributed by atoms with Crippen LogP contribution in [0.5, 0.6) is 5.75 Å². The van der Waals surface area contributed by atoms with Gasteiger partial charge in [0.05, 0.1) is 17.0 Å². The highest BCUT2D eigenvalue weighted by Crippen LogP contribution is 2.42. The molecule has 0 aliphatic heterocycles. The van der Waals surface area contributed by atoms with Gasteiger partial charge in [0.25, 0.3) is 0 Å². The zero-order valence-electron chi connectivity index (χ0n) is 18.8. The fourth-order valence-electron chi connectivity index (χ4n) is 4.58. The van der Waals surface area contributed by atoms with E-state index in [1.165, 1.54) is 0 Å². The summed E-state index contributed by atoms with van der Waals surface area (Å²) in [5.74, 6) is -0.194. The van der Waals surface area contributed by atoms with Gasteiger partial charge in [0, 0.05) is 0 Å². The Kier molecular flexibility index (Phi) is 6.78. The Morgan fingerprint density at radius 1 is 0.970 bits per heavy atom. The van der Waals surface area contributed by atoms with Crippen LogP contribution >= 0.6 is 0 Å². The number of rotatable bonds is 8. The number of nitrogens with one attached hydrogen (secondary N) is 1. The molecular formula is C28H29NO4. The van der Waals surface area contributed by atoms with E-state index in [2.05, 4.69) is 5.32 Å². The molecule has 170 valence electrons. The maximum absolute atomic E-state index is 13.6. The minimum Gasteiger partial charge on any atom is -0.489 e. The minimum atomic E-state index is -0.961. The molecule has 2 N–H and O–H groups in total. The average Bonchev–Trinajstić information content (AvgIpc) is 3.35. The first kappa shape index (κ1) is 22.6. The smallest absolute Gasteiger partial charge is 0.335 e. The SMILES string of the molecule is C[C@H](NC(=O)C1(c2cccc(OCc3ccccc3)c2)CCCC1)c1ccc(C(=O)O)cc1. The molecule has 3 aromatic carbocycles. The molecule has 1 amide bonds. The summed E-state index contributed by atoms with van der Waals surface area (Å²) in [5, 5.41) is 12.3. The third-order valence-electron chi connectivity index (χ3n) is 6.53. The molecule has 0 aromatic heterocycles. The zero-order valence-corrected chi connectivity index (χ0v) is 18.8. The van der Waals surface area contributed by atoms with Gasteiger partial charge in [-0.2, -0.15) is 0 Å². The van der Waals surface area contributed by atoms with Crippen LogP contribution < -0.4 is 10.1 Å². The number of carboxylic acid groups (broad SMARTS) is 1. The largest absolute Gasteiger partial charge is 0.489 e. The highest BCUT2D eigenvalue weighted by atomic mass is 16.5. The van der Waals surface area contributed by atoms with Crippen LogP contribution in [-0.4, -0.2) is 17.0 Å². The van der Waals surface area contributed by atoms with Crippen molar-refractivity contribution in [3.8, 4) is 5.75 Å². The van der Waals surface area contributed by atoms with Gasteiger partial charge in [0.1, 0.15) is 12.4 Å². The molecule has 0 unspecified atom stereocenters. The van der Waals surface area contributed by atoms with Crippen LogP contribution in [0.4, 0.5) is 0 Å². The van der Waals surface area contributed by atoms with Gasteiger partial charge >= 0.3 is 5.97 Å². The fourth-order valence-corrected chi connectivity index (χ4v) is 4.58. The van der Waals surface area contributed by atoms with Crippen LogP contribution in [0.25, 0.3) is 0 Å². The van der Waals surface area contributed by atoms with Crippen molar-refractivity contribution < 1.29 is 19.4 Å². The minimum absolute atomic E-state index is 0.00928. The maximum Gasteiger partial charge on any atom is 0.335 e. The van der Waals surface area contributed by atoms with Crippen molar-refractivity contribution in [2.45, 2.75) is 50.7 Å². The van der Waals surface area contributed by atoms with E-state index in [0.29, 0.717) is 6.61 Å². The lowest BCUT2D eigenvalue weighted by molar-refractivity contribution is -0.127. The second-order valence-electron chi connectivity index (χ2n) is 8.71. The van der Waals surface area contributed by atoms with E-state index in [-0.39, 0.29) is 17.5 Å². The van der Waals surface area contributed by atoms with Gasteiger partial charge in [-0.25, -0.2) is 4.79 Å². The van der Waals surface area contributed by atoms with Crippen LogP contribution in [0.15, 0.2) is 78.9 Å². The van der Waals surface area contributed by atoms with E-state index in [1.807, 2.05) is 61.5 Å². The molecule has 33 heavy (non-hydrogen) atoms. The first-order valence-electron chi connectivity index (χ1n) is 11.4. The predicted octanol–water partition coefficient (Wildman–Crippen LogP) is 5.65. The van der Waals surface area contributed by atoms with Crippen molar-refractivity contribution in [1.82, 2.24) is 5.32 Å². The summed E-state index contributed by atoms with van der Waals surface area (Å²) in [5.41, 5.74) is 2.61. The number of aromatic carboxylic acids is 1. The molecule has 0 radical (unpaired) electrons. The van der Waals surface area contributed by atoms with Crippen LogP contribution in [0.2, 0.25) is 0 Å². The molecule has 1 aliphatic carbocycles. The monoisotopic (exact) mass is 443 g/mol. The van der Waals surface area contributed by atoms with Crippen LogP contribution in [0.3, 0.4) is 0 Å². The standard InChI is InChI=1S/C28H29NO4/c1-20(22-12-14-23(15-13-22)26(30)31)29-27(32)28(16-5-6-17-28)24-10-7-11-25(18-24)33-19-21-8-3-2-4-9-21/h2-4,7-15,18,20H,5-6,16-17,19H2,1H3,(H,29,32)(H,30,31)/t20-/m0/s1. The number of carbonyl (C=O) groups excluding carboxylic acids is 1. The van der Waals surface area contributed by atoms with Crippen molar-refractivity contribution >= 4 is 11.9 Å². The molecule has 4 rings (SSSR count). The normalized spacial score (nSPS) is 15.5. The highest BCUT2D eigenvalue weighted by molar-refractivity contribution is 5.89. The van der Waals surface area contributed by atoms with Crippen molar-refractivity contribution in [3.63, 3.8) is 0 Å². The molecule has 3 aromatic rings. The van der Waals surface area contributed by atoms with Crippen molar-refractivity contribution in [1.29, 1.82) is 0 Å². The molecule has 1 fully saturated rings. The zero-order chi connectivity index (χ0) is 23.3. The number of ether oxygens (including phenoxy) is 1. The van der Waals surface area contributed by atoms with E-state index >= 15 is 0 Å². The number of benzene rings is 3. The first-order chi connectivity index (χ1) is 16.0. The van der Waals surface area contributed by atoms with E-state index in [1.54, 1.807) is 24.3 Å². The molecule has 0 bridgehead atoms. The third kappa shape index (κ3) is 5.08. The quantitative estimate of drug-likeness (QED) is 0.471. The van der Waals surface area contributed by atoms with Crippen LogP contribution in [-0.2, 0) is 16.8 Å². The van der Waals surface area contributed by atoms with Crippen LogP contribution in [0.1, 0.15) is 65.7 Å². The van der Waals surface area contributed by atoms with E-state index in [9.17, 15) is 9.59 Å². The number of carbonyl (C=O) groups is 2. The van der Waals surface area contributed by atoms with Crippen LogP contribution in [0, 0.1) is 0 Å². The summed E-state index contributed by atoms with van der Waals surface area (Å²) in [6.07, 6.45) is 3.60. The lowest BCUT2D eigenvalue weighted by Gasteiger charge is -2.30. The average molecular weight is 444 g/mol. The highest BCUT2D eigenvalue weighted by Gasteiger charge is 2.43. The number of amides is 1. The van der Waals surface area contributed by atoms with Gasteiger partial charge in [-0.15, -0.1) is 0 Å². The lowest BCUT2D eigenvalue weighted by atomic mass is 9.77. The Morgan fingerprint density at radius 3 is 2.33 bits per heavy atom. The van der Waals surface area contributed by atoms with Gasteiger partial charge in [-0.05, 0) is 60.7 Å². The number of carboxylic acids is 1. The Balaban J connectivity index is 1.50. The molecule has 5 nitrogen and oxygen atoms in total. The van der Waals surface area contributed by atoms with Gasteiger partial charge in [-0.3, -0.25) is 4.79 Å². The van der Waals surface area contributed by atoms with E-state index in [0.717, 1.165) is 48.1 Å². The Hall–Kier alpha value is -3.60. The van der Waals surface area contributed by atoms with Crippen molar-refractivity contribution in [3.05, 3.63) is 101 Å². The van der Waals surface area contributed by atoms with Gasteiger partial charge in [0.15, 0.2) is 0 Å². The second kappa shape index (κ2) is 9.90. The molecule has 1 atom stereocenters. The summed E-state index contributed by atoms with van der Waals surface area (Å²) in [4.78, 5) is 24.7. The van der Waals surface area contributed by atoms with E-state index < -0.39 is 11.4 Å². The summed E-state index contributed by atoms with van der Waals surface area (Å²) < 4.78 is 6.02. The Bertz CT molecular complexity index is 1100. The summed E-state index contributed by atoms with van der Waals surface area (Å²) in [6.45, 7) is 2.41. The first-order valence-corrected chi connectivity index (χ1v) is 11.4. The second-order valence-corrected chi connectivity index (χ2v) is 8.71. The molecule has 1 saturated carbocycles. The number of hydrogen-bond donors (Lipinski definition) is 2. The van der Waals surface area contributed by atoms with Gasteiger partial charge in [-0.1, -0.05) is 67.4 Å². The Morgan fingerprint density at radius 2 is 1.67 bits per heavy atom. The molecular weight excluding hydrogens is 414 g/mol. The topological polar surface area (TPSA) is 75.6 Å². The van der Waals surface area contributed by atoms with Gasteiger partial charge < -0.3 is 15.2 Å². The maximum atomic E-state index is 13.6. The number of hydrogen-bond acceptors (Lipinski definition) is 3. The summed E-state index contributed by atoms with van der Waals surface area (Å²) >= 11 is 0. The predicted molar refractivity (Wildman–Crippen MR) is 127 cm³/mol. The van der Waals surface area contributed by atoms with E-state index in [4.69, 9.17) is 9.84 Å². The summed E-state index contributed by atoms with van der Waals surface area (Å²) in [6, 6.07) is 24.3. The van der Waals surface area contributed by atoms with Crippen molar-refractivity contribution in [2.24, 2.45) is 0 Å². The fraction of sp³-hybridized carbons (Fsp3) is 0.286. The molecule has 0 spiro atoms. The summed E-state index contributed by atoms with van der Waals surface area (Å²) in [7, 11) is 0. The Labute approximate surface area is 194 Å². The molecule has 1 aliphatic rings. The van der Waals surface area contributed by atoms with Gasteiger partial charge in [0.2, 0.25) is 5.91 Å². The lowest BCUT2D eigenvalue weighted by Crippen LogP contribution is -2.43. The third-order valence-corrected chi connectivity index (χ3v) is 6.53. The van der Waals surface area contributed by atoms with Crippen molar-refractivity contribution in [2.75, 3.05) is 0 Å².